The number of piperazine rings is 1. The Morgan fingerprint density at radius 1 is 0.625 bits per heavy atom. The van der Waals surface area contributed by atoms with Crippen molar-refractivity contribution in [2.45, 2.75) is 25.7 Å². The lowest BCUT2D eigenvalue weighted by Crippen LogP contribution is -2.54. The number of carbonyl (C=O) groups excluding carboxylic acids is 4. The Morgan fingerprint density at radius 3 is 1.34 bits per heavy atom. The van der Waals surface area contributed by atoms with E-state index in [2.05, 4.69) is 9.80 Å². The van der Waals surface area contributed by atoms with Crippen molar-refractivity contribution in [3.8, 4) is 0 Å². The van der Waals surface area contributed by atoms with E-state index in [0.717, 1.165) is 0 Å². The molecule has 0 N–H and O–H groups in total. The van der Waals surface area contributed by atoms with Gasteiger partial charge in [-0.3, -0.25) is 38.8 Å². The summed E-state index contributed by atoms with van der Waals surface area (Å²) in [6, 6.07) is 0. The molecule has 0 aromatic heterocycles. The summed E-state index contributed by atoms with van der Waals surface area (Å²) in [5, 5.41) is 1.32. The van der Waals surface area contributed by atoms with Gasteiger partial charge in [0.1, 0.15) is 0 Å². The highest BCUT2D eigenvalue weighted by Crippen LogP contribution is 2.40. The van der Waals surface area contributed by atoms with Gasteiger partial charge in [-0.1, -0.05) is 35.4 Å². The Morgan fingerprint density at radius 2 is 0.969 bits per heavy atom. The van der Waals surface area contributed by atoms with Crippen LogP contribution in [0.4, 0.5) is 0 Å². The molecule has 172 valence electrons. The predicted octanol–water partition coefficient (Wildman–Crippen LogP) is 1.55. The third-order valence-corrected chi connectivity index (χ3v) is 8.09. The third-order valence-electron chi connectivity index (χ3n) is 7.47. The minimum Gasteiger partial charge on any atom is -0.283 e. The SMILES string of the molecule is O=C1[C@H]2CC=C(Cl)C[C@@H]2C(=O)N1CN1CCN(CN2C(=O)[C@H]3CC=C(Cl)C[C@@H]3C2=O)CC1. The largest absolute Gasteiger partial charge is 0.283 e. The number of likely N-dealkylation sites (tertiary alicyclic amines) is 2. The van der Waals surface area contributed by atoms with Crippen molar-refractivity contribution in [1.82, 2.24) is 19.6 Å². The van der Waals surface area contributed by atoms with E-state index in [1.807, 2.05) is 12.2 Å². The van der Waals surface area contributed by atoms with Gasteiger partial charge < -0.3 is 0 Å². The maximum atomic E-state index is 12.8. The number of rotatable bonds is 4. The second kappa shape index (κ2) is 8.56. The Hall–Kier alpha value is -1.74. The van der Waals surface area contributed by atoms with Crippen molar-refractivity contribution in [1.29, 1.82) is 0 Å². The van der Waals surface area contributed by atoms with Gasteiger partial charge in [0, 0.05) is 36.2 Å². The number of allylic oxidation sites excluding steroid dienone is 4. The van der Waals surface area contributed by atoms with Gasteiger partial charge in [0.05, 0.1) is 37.0 Å². The number of fused-ring (bicyclic) bond motifs is 2. The van der Waals surface area contributed by atoms with Crippen LogP contribution in [0.5, 0.6) is 0 Å². The zero-order valence-corrected chi connectivity index (χ0v) is 19.2. The maximum Gasteiger partial charge on any atom is 0.234 e. The summed E-state index contributed by atoms with van der Waals surface area (Å²) in [5.41, 5.74) is 0. The fraction of sp³-hybridized carbons (Fsp3) is 0.636. The quantitative estimate of drug-likeness (QED) is 0.567. The monoisotopic (exact) mass is 480 g/mol. The smallest absolute Gasteiger partial charge is 0.234 e. The molecule has 5 rings (SSSR count). The van der Waals surface area contributed by atoms with E-state index in [1.54, 1.807) is 0 Å². The van der Waals surface area contributed by atoms with Crippen LogP contribution in [0.15, 0.2) is 22.2 Å². The molecule has 0 unspecified atom stereocenters. The number of halogens is 2. The molecule has 0 radical (unpaired) electrons. The van der Waals surface area contributed by atoms with E-state index in [4.69, 9.17) is 23.2 Å². The van der Waals surface area contributed by atoms with E-state index in [9.17, 15) is 19.2 Å². The molecule has 2 aliphatic carbocycles. The lowest BCUT2D eigenvalue weighted by Gasteiger charge is -2.37. The molecule has 3 aliphatic heterocycles. The van der Waals surface area contributed by atoms with Crippen LogP contribution in [0.2, 0.25) is 0 Å². The van der Waals surface area contributed by atoms with E-state index >= 15 is 0 Å². The Labute approximate surface area is 196 Å². The molecule has 3 heterocycles. The molecule has 8 nitrogen and oxygen atoms in total. The van der Waals surface area contributed by atoms with Gasteiger partial charge in [-0.25, -0.2) is 0 Å². The minimum atomic E-state index is -0.333. The minimum absolute atomic E-state index is 0.106. The fourth-order valence-corrected chi connectivity index (χ4v) is 6.05. The van der Waals surface area contributed by atoms with Gasteiger partial charge in [0.15, 0.2) is 0 Å². The van der Waals surface area contributed by atoms with Crippen molar-refractivity contribution in [2.75, 3.05) is 39.5 Å². The molecule has 32 heavy (non-hydrogen) atoms. The molecule has 3 saturated heterocycles. The molecule has 0 saturated carbocycles. The van der Waals surface area contributed by atoms with Crippen molar-refractivity contribution in [3.05, 3.63) is 22.2 Å². The Kier molecular flexibility index (Phi) is 5.90. The number of nitrogens with zero attached hydrogens (tertiary/aromatic N) is 4. The summed E-state index contributed by atoms with van der Waals surface area (Å²) in [7, 11) is 0. The maximum absolute atomic E-state index is 12.8. The molecule has 0 aromatic carbocycles. The second-order valence-electron chi connectivity index (χ2n) is 9.34. The summed E-state index contributed by atoms with van der Waals surface area (Å²) in [6.45, 7) is 3.19. The molecule has 4 atom stereocenters. The van der Waals surface area contributed by atoms with Crippen LogP contribution in [0.25, 0.3) is 0 Å². The van der Waals surface area contributed by atoms with Crippen molar-refractivity contribution in [3.63, 3.8) is 0 Å². The lowest BCUT2D eigenvalue weighted by molar-refractivity contribution is -0.146. The normalized spacial score (nSPS) is 34.1. The van der Waals surface area contributed by atoms with Crippen LogP contribution in [0, 0.1) is 23.7 Å². The highest BCUT2D eigenvalue weighted by atomic mass is 35.5. The van der Waals surface area contributed by atoms with Crippen LogP contribution < -0.4 is 0 Å². The molecule has 0 aromatic rings. The van der Waals surface area contributed by atoms with Crippen LogP contribution in [-0.2, 0) is 19.2 Å². The summed E-state index contributed by atoms with van der Waals surface area (Å²) in [5.74, 6) is -1.71. The van der Waals surface area contributed by atoms with Gasteiger partial charge in [0.2, 0.25) is 23.6 Å². The Balaban J connectivity index is 1.14. The number of amides is 4. The second-order valence-corrected chi connectivity index (χ2v) is 10.3. The Bertz CT molecular complexity index is 853. The molecular formula is C22H26Cl2N4O4. The molecule has 0 spiro atoms. The molecular weight excluding hydrogens is 455 g/mol. The summed E-state index contributed by atoms with van der Waals surface area (Å²) < 4.78 is 0. The fourth-order valence-electron chi connectivity index (χ4n) is 5.54. The standard InChI is InChI=1S/C22H26Cl2N4O4/c23-13-1-3-15-17(9-13)21(31)27(19(15)29)11-25-5-7-26(8-6-25)12-28-20(30)16-4-2-14(24)10-18(16)22(28)32/h1-2,15-18H,3-12H2/t15-,16-,17-,18-/m0/s1. The zero-order chi connectivity index (χ0) is 22.6. The van der Waals surface area contributed by atoms with E-state index in [0.29, 0.717) is 61.9 Å². The average Bonchev–Trinajstić information content (AvgIpc) is 3.15. The van der Waals surface area contributed by atoms with Crippen LogP contribution >= 0.6 is 23.2 Å². The first-order valence-electron chi connectivity index (χ1n) is 11.2. The molecule has 3 fully saturated rings. The summed E-state index contributed by atoms with van der Waals surface area (Å²) in [4.78, 5) is 57.9. The van der Waals surface area contributed by atoms with Gasteiger partial charge >= 0.3 is 0 Å². The molecule has 0 bridgehead atoms. The van der Waals surface area contributed by atoms with Crippen LogP contribution in [0.3, 0.4) is 0 Å². The molecule has 10 heteroatoms. The first kappa shape index (κ1) is 22.1. The summed E-state index contributed by atoms with van der Waals surface area (Å²) >= 11 is 12.2. The van der Waals surface area contributed by atoms with E-state index in [1.165, 1.54) is 9.80 Å². The van der Waals surface area contributed by atoms with Crippen molar-refractivity contribution >= 4 is 46.8 Å². The highest BCUT2D eigenvalue weighted by Gasteiger charge is 2.50. The number of hydrogen-bond acceptors (Lipinski definition) is 6. The van der Waals surface area contributed by atoms with Gasteiger partial charge in [-0.15, -0.1) is 0 Å². The predicted molar refractivity (Wildman–Crippen MR) is 117 cm³/mol. The molecule has 5 aliphatic rings. The van der Waals surface area contributed by atoms with Gasteiger partial charge in [-0.05, 0) is 25.7 Å². The van der Waals surface area contributed by atoms with Crippen molar-refractivity contribution < 1.29 is 19.2 Å². The highest BCUT2D eigenvalue weighted by molar-refractivity contribution is 6.30. The van der Waals surface area contributed by atoms with E-state index < -0.39 is 0 Å². The van der Waals surface area contributed by atoms with E-state index in [-0.39, 0.29) is 60.6 Å². The molecule has 4 amide bonds. The van der Waals surface area contributed by atoms with Gasteiger partial charge in [-0.2, -0.15) is 0 Å². The number of carbonyl (C=O) groups is 4. The lowest BCUT2D eigenvalue weighted by atomic mass is 9.85. The summed E-state index contributed by atoms with van der Waals surface area (Å²) in [6.07, 6.45) is 5.63. The van der Waals surface area contributed by atoms with Crippen LogP contribution in [0.1, 0.15) is 25.7 Å². The first-order chi connectivity index (χ1) is 15.3. The third kappa shape index (κ3) is 3.81. The topological polar surface area (TPSA) is 81.2 Å². The average molecular weight is 481 g/mol. The number of imide groups is 2. The van der Waals surface area contributed by atoms with Crippen LogP contribution in [-0.4, -0.2) is 82.7 Å². The van der Waals surface area contributed by atoms with Crippen molar-refractivity contribution in [2.24, 2.45) is 23.7 Å². The first-order valence-corrected chi connectivity index (χ1v) is 11.9. The van der Waals surface area contributed by atoms with Gasteiger partial charge in [0.25, 0.3) is 0 Å². The zero-order valence-electron chi connectivity index (χ0n) is 17.7. The number of hydrogen-bond donors (Lipinski definition) is 0.